The molecule has 0 saturated heterocycles. The summed E-state index contributed by atoms with van der Waals surface area (Å²) in [6.07, 6.45) is 1.91. The Morgan fingerprint density at radius 3 is 2.50 bits per heavy atom. The van der Waals surface area contributed by atoms with E-state index in [0.29, 0.717) is 18.1 Å². The van der Waals surface area contributed by atoms with Crippen molar-refractivity contribution in [2.75, 3.05) is 31.8 Å². The van der Waals surface area contributed by atoms with E-state index in [1.54, 1.807) is 7.11 Å². The van der Waals surface area contributed by atoms with E-state index in [2.05, 4.69) is 43.4 Å². The minimum absolute atomic E-state index is 0.175. The Balaban J connectivity index is 2.60. The van der Waals surface area contributed by atoms with Crippen molar-refractivity contribution in [1.82, 2.24) is 5.32 Å². The van der Waals surface area contributed by atoms with Crippen molar-refractivity contribution in [3.05, 3.63) is 35.4 Å². The number of benzene rings is 1. The summed E-state index contributed by atoms with van der Waals surface area (Å²) >= 11 is 0. The van der Waals surface area contributed by atoms with E-state index in [1.807, 2.05) is 0 Å². The SMILES string of the molecule is CCNC(CS(=O)CCCOC)c1ccc(CC)cc1. The maximum Gasteiger partial charge on any atom is 0.0471 e. The Kier molecular flexibility index (Phi) is 8.74. The molecule has 20 heavy (non-hydrogen) atoms. The van der Waals surface area contributed by atoms with Crippen LogP contribution in [0.15, 0.2) is 24.3 Å². The van der Waals surface area contributed by atoms with Crippen LogP contribution in [0.5, 0.6) is 0 Å². The summed E-state index contributed by atoms with van der Waals surface area (Å²) in [5.74, 6) is 1.38. The molecule has 0 spiro atoms. The molecule has 114 valence electrons. The van der Waals surface area contributed by atoms with Gasteiger partial charge in [-0.1, -0.05) is 38.1 Å². The van der Waals surface area contributed by atoms with Crippen LogP contribution in [0.1, 0.15) is 37.4 Å². The van der Waals surface area contributed by atoms with Gasteiger partial charge >= 0.3 is 0 Å². The van der Waals surface area contributed by atoms with Crippen molar-refractivity contribution in [3.8, 4) is 0 Å². The first kappa shape index (κ1) is 17.3. The lowest BCUT2D eigenvalue weighted by Gasteiger charge is -2.18. The van der Waals surface area contributed by atoms with Gasteiger partial charge in [-0.2, -0.15) is 0 Å². The lowest BCUT2D eigenvalue weighted by molar-refractivity contribution is 0.200. The van der Waals surface area contributed by atoms with E-state index in [0.717, 1.165) is 19.4 Å². The Labute approximate surface area is 125 Å². The molecule has 0 amide bonds. The third-order valence-corrected chi connectivity index (χ3v) is 4.76. The summed E-state index contributed by atoms with van der Waals surface area (Å²) in [5, 5.41) is 3.43. The predicted molar refractivity (Wildman–Crippen MR) is 86.6 cm³/mol. The molecular formula is C16H27NO2S. The molecule has 0 aliphatic heterocycles. The molecule has 0 heterocycles. The highest BCUT2D eigenvalue weighted by molar-refractivity contribution is 7.85. The number of ether oxygens (including phenoxy) is 1. The standard InChI is InChI=1S/C16H27NO2S/c1-4-14-7-9-15(10-8-14)16(17-5-2)13-20(18)12-6-11-19-3/h7-10,16-17H,4-6,11-13H2,1-3H3. The van der Waals surface area contributed by atoms with Gasteiger partial charge in [0.1, 0.15) is 0 Å². The van der Waals surface area contributed by atoms with Crippen molar-refractivity contribution in [2.45, 2.75) is 32.7 Å². The molecule has 0 saturated carbocycles. The molecule has 1 aromatic carbocycles. The van der Waals surface area contributed by atoms with Gasteiger partial charge in [-0.25, -0.2) is 0 Å². The van der Waals surface area contributed by atoms with Crippen molar-refractivity contribution in [2.24, 2.45) is 0 Å². The van der Waals surface area contributed by atoms with Crippen LogP contribution in [0.4, 0.5) is 0 Å². The second kappa shape index (κ2) is 10.1. The van der Waals surface area contributed by atoms with Crippen LogP contribution < -0.4 is 5.32 Å². The molecule has 1 aromatic rings. The van der Waals surface area contributed by atoms with E-state index >= 15 is 0 Å². The van der Waals surface area contributed by atoms with Gasteiger partial charge in [-0.05, 0) is 30.5 Å². The molecule has 0 aliphatic carbocycles. The normalized spacial score (nSPS) is 14.2. The van der Waals surface area contributed by atoms with Gasteiger partial charge in [-0.3, -0.25) is 4.21 Å². The third kappa shape index (κ3) is 6.16. The maximum atomic E-state index is 12.1. The number of hydrogen-bond donors (Lipinski definition) is 1. The van der Waals surface area contributed by atoms with Crippen molar-refractivity contribution < 1.29 is 8.95 Å². The molecule has 1 N–H and O–H groups in total. The monoisotopic (exact) mass is 297 g/mol. The molecule has 2 atom stereocenters. The minimum atomic E-state index is -0.803. The Morgan fingerprint density at radius 2 is 1.95 bits per heavy atom. The first-order valence-corrected chi connectivity index (χ1v) is 8.86. The molecule has 4 heteroatoms. The second-order valence-electron chi connectivity index (χ2n) is 4.86. The smallest absolute Gasteiger partial charge is 0.0471 e. The van der Waals surface area contributed by atoms with Crippen LogP contribution in [-0.2, 0) is 22.0 Å². The summed E-state index contributed by atoms with van der Waals surface area (Å²) in [4.78, 5) is 0. The quantitative estimate of drug-likeness (QED) is 0.675. The Bertz CT molecular complexity index is 392. The molecule has 0 aromatic heterocycles. The minimum Gasteiger partial charge on any atom is -0.385 e. The number of rotatable bonds is 10. The summed E-state index contributed by atoms with van der Waals surface area (Å²) in [7, 11) is 0.877. The zero-order valence-corrected chi connectivity index (χ0v) is 13.7. The number of methoxy groups -OCH3 is 1. The largest absolute Gasteiger partial charge is 0.385 e. The van der Waals surface area contributed by atoms with Gasteiger partial charge < -0.3 is 10.1 Å². The lowest BCUT2D eigenvalue weighted by atomic mass is 10.1. The van der Waals surface area contributed by atoms with Crippen LogP contribution in [0.25, 0.3) is 0 Å². The fourth-order valence-corrected chi connectivity index (χ4v) is 3.43. The van der Waals surface area contributed by atoms with E-state index in [-0.39, 0.29) is 6.04 Å². The topological polar surface area (TPSA) is 38.3 Å². The number of nitrogens with one attached hydrogen (secondary N) is 1. The summed E-state index contributed by atoms with van der Waals surface area (Å²) in [6, 6.07) is 8.80. The summed E-state index contributed by atoms with van der Waals surface area (Å²) < 4.78 is 17.1. The fraction of sp³-hybridized carbons (Fsp3) is 0.625. The van der Waals surface area contributed by atoms with Gasteiger partial charge in [-0.15, -0.1) is 0 Å². The molecule has 2 unspecified atom stereocenters. The lowest BCUT2D eigenvalue weighted by Crippen LogP contribution is -2.27. The zero-order chi connectivity index (χ0) is 14.8. The Morgan fingerprint density at radius 1 is 1.25 bits per heavy atom. The molecule has 1 rings (SSSR count). The fourth-order valence-electron chi connectivity index (χ4n) is 2.14. The first-order chi connectivity index (χ1) is 9.71. The highest BCUT2D eigenvalue weighted by Gasteiger charge is 2.13. The predicted octanol–water partition coefficient (Wildman–Crippen LogP) is 2.68. The van der Waals surface area contributed by atoms with E-state index in [1.165, 1.54) is 11.1 Å². The molecular weight excluding hydrogens is 270 g/mol. The van der Waals surface area contributed by atoms with Crippen LogP contribution in [0, 0.1) is 0 Å². The molecule has 0 aliphatic rings. The average molecular weight is 297 g/mol. The van der Waals surface area contributed by atoms with Crippen LogP contribution >= 0.6 is 0 Å². The van der Waals surface area contributed by atoms with E-state index in [9.17, 15) is 4.21 Å². The van der Waals surface area contributed by atoms with Gasteiger partial charge in [0.05, 0.1) is 0 Å². The van der Waals surface area contributed by atoms with Crippen molar-refractivity contribution in [3.63, 3.8) is 0 Å². The highest BCUT2D eigenvalue weighted by Crippen LogP contribution is 2.16. The van der Waals surface area contributed by atoms with Crippen molar-refractivity contribution in [1.29, 1.82) is 0 Å². The van der Waals surface area contributed by atoms with Gasteiger partial charge in [0.15, 0.2) is 0 Å². The summed E-state index contributed by atoms with van der Waals surface area (Å²) in [6.45, 7) is 5.81. The van der Waals surface area contributed by atoms with E-state index < -0.39 is 10.8 Å². The molecule has 0 radical (unpaired) electrons. The van der Waals surface area contributed by atoms with E-state index in [4.69, 9.17) is 4.74 Å². The third-order valence-electron chi connectivity index (χ3n) is 3.31. The highest BCUT2D eigenvalue weighted by atomic mass is 32.2. The zero-order valence-electron chi connectivity index (χ0n) is 12.9. The number of aryl methyl sites for hydroxylation is 1. The Hall–Kier alpha value is -0.710. The second-order valence-corrected chi connectivity index (χ2v) is 6.48. The van der Waals surface area contributed by atoms with Crippen molar-refractivity contribution >= 4 is 10.8 Å². The molecule has 0 fully saturated rings. The van der Waals surface area contributed by atoms with Crippen LogP contribution in [-0.4, -0.2) is 36.0 Å². The first-order valence-electron chi connectivity index (χ1n) is 7.37. The molecule has 3 nitrogen and oxygen atoms in total. The van der Waals surface area contributed by atoms with Gasteiger partial charge in [0.25, 0.3) is 0 Å². The van der Waals surface area contributed by atoms with Crippen LogP contribution in [0.3, 0.4) is 0 Å². The van der Waals surface area contributed by atoms with Crippen LogP contribution in [0.2, 0.25) is 0 Å². The average Bonchev–Trinajstić information content (AvgIpc) is 2.47. The maximum absolute atomic E-state index is 12.1. The van der Waals surface area contributed by atoms with Gasteiger partial charge in [0.2, 0.25) is 0 Å². The summed E-state index contributed by atoms with van der Waals surface area (Å²) in [5.41, 5.74) is 2.56. The molecule has 0 bridgehead atoms. The number of hydrogen-bond acceptors (Lipinski definition) is 3. The van der Waals surface area contributed by atoms with Gasteiger partial charge in [0, 0.05) is 42.1 Å².